The van der Waals surface area contributed by atoms with Crippen LogP contribution in [-0.2, 0) is 0 Å². The molecule has 3 nitrogen and oxygen atoms in total. The van der Waals surface area contributed by atoms with Crippen molar-refractivity contribution in [2.45, 2.75) is 26.3 Å². The third-order valence-electron chi connectivity index (χ3n) is 1.95. The second-order valence-corrected chi connectivity index (χ2v) is 4.27. The SMILES string of the molecule is CC(C)(C)N(C(=O)O)c1ccc(F)cc1. The molecule has 0 unspecified atom stereocenters. The molecule has 15 heavy (non-hydrogen) atoms. The number of carboxylic acid groups (broad SMARTS) is 1. The van der Waals surface area contributed by atoms with E-state index >= 15 is 0 Å². The molecule has 82 valence electrons. The Morgan fingerprint density at radius 2 is 1.73 bits per heavy atom. The lowest BCUT2D eigenvalue weighted by molar-refractivity contribution is 0.195. The summed E-state index contributed by atoms with van der Waals surface area (Å²) in [7, 11) is 0. The van der Waals surface area contributed by atoms with Crippen LogP contribution in [0.5, 0.6) is 0 Å². The normalized spacial score (nSPS) is 11.2. The molecule has 0 saturated carbocycles. The Morgan fingerprint density at radius 3 is 2.07 bits per heavy atom. The van der Waals surface area contributed by atoms with Crippen molar-refractivity contribution in [1.29, 1.82) is 0 Å². The van der Waals surface area contributed by atoms with E-state index in [-0.39, 0.29) is 5.82 Å². The lowest BCUT2D eigenvalue weighted by atomic mass is 10.1. The van der Waals surface area contributed by atoms with Crippen LogP contribution in [0.15, 0.2) is 24.3 Å². The van der Waals surface area contributed by atoms with Gasteiger partial charge in [-0.25, -0.2) is 9.18 Å². The molecule has 0 bridgehead atoms. The number of hydrogen-bond donors (Lipinski definition) is 1. The molecule has 0 radical (unpaired) electrons. The number of rotatable bonds is 1. The summed E-state index contributed by atoms with van der Waals surface area (Å²) in [6, 6.07) is 5.40. The quantitative estimate of drug-likeness (QED) is 0.775. The van der Waals surface area contributed by atoms with E-state index in [1.165, 1.54) is 29.2 Å². The van der Waals surface area contributed by atoms with Gasteiger partial charge in [-0.3, -0.25) is 4.90 Å². The summed E-state index contributed by atoms with van der Waals surface area (Å²) < 4.78 is 12.7. The summed E-state index contributed by atoms with van der Waals surface area (Å²) >= 11 is 0. The maximum Gasteiger partial charge on any atom is 0.412 e. The highest BCUT2D eigenvalue weighted by molar-refractivity contribution is 5.87. The first-order valence-electron chi connectivity index (χ1n) is 4.61. The number of hydrogen-bond acceptors (Lipinski definition) is 1. The molecule has 1 rings (SSSR count). The van der Waals surface area contributed by atoms with Crippen molar-refractivity contribution in [1.82, 2.24) is 0 Å². The number of carbonyl (C=O) groups is 1. The van der Waals surface area contributed by atoms with Crippen molar-refractivity contribution in [3.8, 4) is 0 Å². The maximum absolute atomic E-state index is 12.7. The summed E-state index contributed by atoms with van der Waals surface area (Å²) in [4.78, 5) is 12.3. The molecule has 1 aromatic carbocycles. The zero-order valence-electron chi connectivity index (χ0n) is 8.99. The summed E-state index contributed by atoms with van der Waals surface area (Å²) in [5.41, 5.74) is -0.0830. The second kappa shape index (κ2) is 3.88. The monoisotopic (exact) mass is 211 g/mol. The van der Waals surface area contributed by atoms with Gasteiger partial charge in [0.2, 0.25) is 0 Å². The number of anilines is 1. The molecule has 0 aliphatic carbocycles. The molecule has 4 heteroatoms. The topological polar surface area (TPSA) is 40.5 Å². The minimum atomic E-state index is -1.05. The van der Waals surface area contributed by atoms with Crippen LogP contribution in [0.2, 0.25) is 0 Å². The Bertz CT molecular complexity index is 354. The molecule has 0 atom stereocenters. The zero-order valence-corrected chi connectivity index (χ0v) is 8.99. The van der Waals surface area contributed by atoms with E-state index in [2.05, 4.69) is 0 Å². The largest absolute Gasteiger partial charge is 0.465 e. The van der Waals surface area contributed by atoms with Gasteiger partial charge in [-0.15, -0.1) is 0 Å². The molecule has 0 spiro atoms. The van der Waals surface area contributed by atoms with Crippen molar-refractivity contribution >= 4 is 11.8 Å². The first-order valence-corrected chi connectivity index (χ1v) is 4.61. The van der Waals surface area contributed by atoms with E-state index in [0.29, 0.717) is 5.69 Å². The fraction of sp³-hybridized carbons (Fsp3) is 0.364. The molecule has 0 fully saturated rings. The van der Waals surface area contributed by atoms with Gasteiger partial charge in [0.25, 0.3) is 0 Å². The van der Waals surface area contributed by atoms with E-state index in [9.17, 15) is 9.18 Å². The number of amides is 1. The Kier molecular flexibility index (Phi) is 2.98. The molecule has 1 aromatic rings. The summed E-state index contributed by atoms with van der Waals surface area (Å²) in [6.07, 6.45) is -1.05. The van der Waals surface area contributed by atoms with Crippen LogP contribution in [0.1, 0.15) is 20.8 Å². The van der Waals surface area contributed by atoms with Gasteiger partial charge < -0.3 is 5.11 Å². The molecule has 0 aliphatic heterocycles. The third kappa shape index (κ3) is 2.68. The number of nitrogens with zero attached hydrogens (tertiary/aromatic N) is 1. The van der Waals surface area contributed by atoms with Gasteiger partial charge in [0.1, 0.15) is 5.82 Å². The molecular formula is C11H14FNO2. The molecule has 0 aliphatic rings. The predicted molar refractivity (Wildman–Crippen MR) is 56.7 cm³/mol. The average Bonchev–Trinajstić information content (AvgIpc) is 2.05. The van der Waals surface area contributed by atoms with Crippen molar-refractivity contribution in [2.24, 2.45) is 0 Å². The zero-order chi connectivity index (χ0) is 11.6. The highest BCUT2D eigenvalue weighted by atomic mass is 19.1. The van der Waals surface area contributed by atoms with E-state index in [1.54, 1.807) is 20.8 Å². The van der Waals surface area contributed by atoms with Crippen LogP contribution in [-0.4, -0.2) is 16.7 Å². The van der Waals surface area contributed by atoms with Gasteiger partial charge in [0.15, 0.2) is 0 Å². The fourth-order valence-corrected chi connectivity index (χ4v) is 1.37. The Labute approximate surface area is 88.1 Å². The summed E-state index contributed by atoms with van der Waals surface area (Å²) in [5.74, 6) is -0.377. The Morgan fingerprint density at radius 1 is 1.27 bits per heavy atom. The van der Waals surface area contributed by atoms with Crippen molar-refractivity contribution in [3.05, 3.63) is 30.1 Å². The Balaban J connectivity index is 3.11. The smallest absolute Gasteiger partial charge is 0.412 e. The minimum absolute atomic E-state index is 0.377. The second-order valence-electron chi connectivity index (χ2n) is 4.27. The van der Waals surface area contributed by atoms with Crippen LogP contribution in [0.25, 0.3) is 0 Å². The van der Waals surface area contributed by atoms with E-state index in [1.807, 2.05) is 0 Å². The molecule has 0 aromatic heterocycles. The van der Waals surface area contributed by atoms with Crippen LogP contribution in [0.4, 0.5) is 14.9 Å². The minimum Gasteiger partial charge on any atom is -0.465 e. The first-order chi connectivity index (χ1) is 6.82. The van der Waals surface area contributed by atoms with Crippen molar-refractivity contribution < 1.29 is 14.3 Å². The standard InChI is InChI=1S/C11H14FNO2/c1-11(2,3)13(10(14)15)9-6-4-8(12)5-7-9/h4-7H,1-3H3,(H,14,15). The highest BCUT2D eigenvalue weighted by Gasteiger charge is 2.27. The van der Waals surface area contributed by atoms with Gasteiger partial charge in [-0.2, -0.15) is 0 Å². The van der Waals surface area contributed by atoms with Gasteiger partial charge in [0.05, 0.1) is 0 Å². The Hall–Kier alpha value is -1.58. The molecule has 1 amide bonds. The van der Waals surface area contributed by atoms with Gasteiger partial charge in [-0.1, -0.05) is 0 Å². The van der Waals surface area contributed by atoms with E-state index < -0.39 is 11.6 Å². The lowest BCUT2D eigenvalue weighted by Crippen LogP contribution is -2.45. The summed E-state index contributed by atoms with van der Waals surface area (Å²) in [5, 5.41) is 9.06. The molecule has 0 saturated heterocycles. The van der Waals surface area contributed by atoms with Crippen LogP contribution in [0.3, 0.4) is 0 Å². The van der Waals surface area contributed by atoms with Crippen molar-refractivity contribution in [2.75, 3.05) is 4.90 Å². The van der Waals surface area contributed by atoms with Crippen LogP contribution < -0.4 is 4.90 Å². The number of benzene rings is 1. The molecular weight excluding hydrogens is 197 g/mol. The van der Waals surface area contributed by atoms with E-state index in [4.69, 9.17) is 5.11 Å². The van der Waals surface area contributed by atoms with E-state index in [0.717, 1.165) is 0 Å². The van der Waals surface area contributed by atoms with Gasteiger partial charge in [0, 0.05) is 11.2 Å². The lowest BCUT2D eigenvalue weighted by Gasteiger charge is -2.33. The summed E-state index contributed by atoms with van der Waals surface area (Å²) in [6.45, 7) is 5.35. The van der Waals surface area contributed by atoms with Crippen molar-refractivity contribution in [3.63, 3.8) is 0 Å². The maximum atomic E-state index is 12.7. The highest BCUT2D eigenvalue weighted by Crippen LogP contribution is 2.23. The predicted octanol–water partition coefficient (Wildman–Crippen LogP) is 3.11. The third-order valence-corrected chi connectivity index (χ3v) is 1.95. The van der Waals surface area contributed by atoms with Crippen LogP contribution >= 0.6 is 0 Å². The van der Waals surface area contributed by atoms with Gasteiger partial charge in [-0.05, 0) is 45.0 Å². The number of halogens is 1. The fourth-order valence-electron chi connectivity index (χ4n) is 1.37. The van der Waals surface area contributed by atoms with Gasteiger partial charge >= 0.3 is 6.09 Å². The molecule has 1 N–H and O–H groups in total. The average molecular weight is 211 g/mol. The molecule has 0 heterocycles. The van der Waals surface area contributed by atoms with Crippen LogP contribution in [0, 0.1) is 5.82 Å². The first kappa shape index (κ1) is 11.5.